The molecule has 3 rings (SSSR count). The number of fused-ring (bicyclic) bond motifs is 1. The first-order chi connectivity index (χ1) is 12.0. The van der Waals surface area contributed by atoms with Crippen LogP contribution in [0.5, 0.6) is 0 Å². The molecule has 0 saturated carbocycles. The molecule has 0 unspecified atom stereocenters. The highest BCUT2D eigenvalue weighted by Crippen LogP contribution is 2.31. The molecule has 0 radical (unpaired) electrons. The van der Waals surface area contributed by atoms with E-state index < -0.39 is 8.07 Å². The van der Waals surface area contributed by atoms with Crippen LogP contribution in [0, 0.1) is 11.3 Å². The minimum absolute atomic E-state index is 0.421. The van der Waals surface area contributed by atoms with Crippen LogP contribution in [0.4, 0.5) is 0 Å². The third-order valence-electron chi connectivity index (χ3n) is 4.06. The Balaban J connectivity index is 1.92. The molecule has 6 heteroatoms. The number of nitrogens with zero attached hydrogens (tertiary/aromatic N) is 4. The number of aromatic nitrogens is 3. The van der Waals surface area contributed by atoms with Gasteiger partial charge in [0.1, 0.15) is 24.1 Å². The van der Waals surface area contributed by atoms with E-state index in [4.69, 9.17) is 4.74 Å². The first-order valence-electron chi connectivity index (χ1n) is 8.37. The molecule has 0 spiro atoms. The van der Waals surface area contributed by atoms with Crippen molar-refractivity contribution in [1.82, 2.24) is 14.5 Å². The van der Waals surface area contributed by atoms with E-state index in [0.717, 1.165) is 34.8 Å². The number of nitriles is 1. The predicted molar refractivity (Wildman–Crippen MR) is 102 cm³/mol. The van der Waals surface area contributed by atoms with Crippen LogP contribution in [0.1, 0.15) is 5.69 Å². The lowest BCUT2D eigenvalue weighted by Crippen LogP contribution is -2.22. The SMILES string of the molecule is C[Si](C)(C)CCOCn1cc(-c2cccnc2C#N)c2cccnc21. The Labute approximate surface area is 148 Å². The van der Waals surface area contributed by atoms with E-state index >= 15 is 0 Å². The molecule has 0 fully saturated rings. The number of hydrogen-bond donors (Lipinski definition) is 0. The molecule has 25 heavy (non-hydrogen) atoms. The van der Waals surface area contributed by atoms with E-state index in [-0.39, 0.29) is 0 Å². The van der Waals surface area contributed by atoms with Crippen LogP contribution in [0.3, 0.4) is 0 Å². The number of hydrogen-bond acceptors (Lipinski definition) is 4. The van der Waals surface area contributed by atoms with Crippen LogP contribution in [-0.4, -0.2) is 29.2 Å². The fraction of sp³-hybridized carbons (Fsp3) is 0.316. The molecule has 0 aromatic carbocycles. The molecule has 0 saturated heterocycles. The smallest absolute Gasteiger partial charge is 0.148 e. The van der Waals surface area contributed by atoms with Gasteiger partial charge in [-0.3, -0.25) is 0 Å². The zero-order valence-electron chi connectivity index (χ0n) is 14.9. The first kappa shape index (κ1) is 17.3. The molecular formula is C19H22N4OSi. The van der Waals surface area contributed by atoms with E-state index in [2.05, 4.69) is 35.7 Å². The Morgan fingerprint density at radius 3 is 2.64 bits per heavy atom. The second kappa shape index (κ2) is 7.17. The van der Waals surface area contributed by atoms with E-state index in [0.29, 0.717) is 12.4 Å². The van der Waals surface area contributed by atoms with Crippen molar-refractivity contribution in [3.05, 3.63) is 48.5 Å². The highest BCUT2D eigenvalue weighted by atomic mass is 28.3. The maximum Gasteiger partial charge on any atom is 0.148 e. The molecule has 0 aliphatic rings. The Kier molecular flexibility index (Phi) is 4.97. The lowest BCUT2D eigenvalue weighted by atomic mass is 10.0. The van der Waals surface area contributed by atoms with Crippen molar-refractivity contribution in [3.63, 3.8) is 0 Å². The monoisotopic (exact) mass is 350 g/mol. The predicted octanol–water partition coefficient (Wildman–Crippen LogP) is 4.28. The van der Waals surface area contributed by atoms with Crippen LogP contribution in [0.15, 0.2) is 42.9 Å². The van der Waals surface area contributed by atoms with Crippen molar-refractivity contribution in [1.29, 1.82) is 5.26 Å². The molecule has 0 N–H and O–H groups in total. The minimum Gasteiger partial charge on any atom is -0.361 e. The first-order valence-corrected chi connectivity index (χ1v) is 12.1. The van der Waals surface area contributed by atoms with E-state index in [1.54, 1.807) is 12.4 Å². The van der Waals surface area contributed by atoms with Gasteiger partial charge in [0.05, 0.1) is 0 Å². The minimum atomic E-state index is -1.10. The van der Waals surface area contributed by atoms with Gasteiger partial charge >= 0.3 is 0 Å². The number of ether oxygens (including phenoxy) is 1. The summed E-state index contributed by atoms with van der Waals surface area (Å²) >= 11 is 0. The van der Waals surface area contributed by atoms with E-state index in [9.17, 15) is 5.26 Å². The third kappa shape index (κ3) is 3.95. The fourth-order valence-electron chi connectivity index (χ4n) is 2.69. The highest BCUT2D eigenvalue weighted by molar-refractivity contribution is 6.76. The van der Waals surface area contributed by atoms with Crippen molar-refractivity contribution < 1.29 is 4.74 Å². The highest BCUT2D eigenvalue weighted by Gasteiger charge is 2.15. The Hall–Kier alpha value is -2.49. The lowest BCUT2D eigenvalue weighted by molar-refractivity contribution is 0.0899. The van der Waals surface area contributed by atoms with Gasteiger partial charge in [0.25, 0.3) is 0 Å². The number of rotatable bonds is 6. The third-order valence-corrected chi connectivity index (χ3v) is 5.77. The summed E-state index contributed by atoms with van der Waals surface area (Å²) < 4.78 is 7.89. The molecule has 0 amide bonds. The van der Waals surface area contributed by atoms with Gasteiger partial charge in [-0.2, -0.15) is 5.26 Å². The molecule has 0 bridgehead atoms. The fourth-order valence-corrected chi connectivity index (χ4v) is 3.45. The van der Waals surface area contributed by atoms with Crippen LogP contribution in [0.25, 0.3) is 22.2 Å². The molecule has 0 aliphatic heterocycles. The zero-order valence-corrected chi connectivity index (χ0v) is 15.9. The maximum absolute atomic E-state index is 9.35. The summed E-state index contributed by atoms with van der Waals surface area (Å²) in [6.07, 6.45) is 5.42. The summed E-state index contributed by atoms with van der Waals surface area (Å²) in [4.78, 5) is 8.67. The summed E-state index contributed by atoms with van der Waals surface area (Å²) in [7, 11) is -1.10. The van der Waals surface area contributed by atoms with Gasteiger partial charge in [-0.15, -0.1) is 0 Å². The summed E-state index contributed by atoms with van der Waals surface area (Å²) in [6.45, 7) is 8.24. The summed E-state index contributed by atoms with van der Waals surface area (Å²) in [6, 6.07) is 11.0. The van der Waals surface area contributed by atoms with Gasteiger partial charge < -0.3 is 9.30 Å². The molecule has 0 aliphatic carbocycles. The van der Waals surface area contributed by atoms with Gasteiger partial charge in [-0.05, 0) is 30.3 Å². The van der Waals surface area contributed by atoms with Crippen molar-refractivity contribution in [3.8, 4) is 17.2 Å². The van der Waals surface area contributed by atoms with Gasteiger partial charge in [0.15, 0.2) is 0 Å². The zero-order chi connectivity index (χ0) is 17.9. The second-order valence-electron chi connectivity index (χ2n) is 7.25. The average molecular weight is 350 g/mol. The molecule has 3 aromatic heterocycles. The quantitative estimate of drug-likeness (QED) is 0.491. The van der Waals surface area contributed by atoms with Crippen molar-refractivity contribution >= 4 is 19.1 Å². The molecular weight excluding hydrogens is 328 g/mol. The van der Waals surface area contributed by atoms with Crippen molar-refractivity contribution in [2.45, 2.75) is 32.4 Å². The van der Waals surface area contributed by atoms with E-state index in [1.807, 2.05) is 35.0 Å². The van der Waals surface area contributed by atoms with Gasteiger partial charge in [0.2, 0.25) is 0 Å². The molecule has 3 heterocycles. The van der Waals surface area contributed by atoms with Crippen LogP contribution in [0.2, 0.25) is 25.7 Å². The Morgan fingerprint density at radius 2 is 1.88 bits per heavy atom. The van der Waals surface area contributed by atoms with Crippen LogP contribution in [-0.2, 0) is 11.5 Å². The topological polar surface area (TPSA) is 63.7 Å². The normalized spacial score (nSPS) is 11.6. The van der Waals surface area contributed by atoms with Crippen LogP contribution < -0.4 is 0 Å². The lowest BCUT2D eigenvalue weighted by Gasteiger charge is -2.15. The Morgan fingerprint density at radius 1 is 1.12 bits per heavy atom. The Bertz CT molecular complexity index is 921. The van der Waals surface area contributed by atoms with Crippen LogP contribution >= 0.6 is 0 Å². The van der Waals surface area contributed by atoms with Gasteiger partial charge in [-0.1, -0.05) is 19.6 Å². The average Bonchev–Trinajstić information content (AvgIpc) is 2.96. The van der Waals surface area contributed by atoms with E-state index in [1.165, 1.54) is 0 Å². The van der Waals surface area contributed by atoms with Crippen molar-refractivity contribution in [2.75, 3.05) is 6.61 Å². The standard InChI is InChI=1S/C19H22N4OSi/c1-25(2,3)11-10-24-14-23-13-17(16-7-5-9-22-19(16)23)15-6-4-8-21-18(15)12-20/h4-9,13H,10-11,14H2,1-3H3. The summed E-state index contributed by atoms with van der Waals surface area (Å²) in [5.74, 6) is 0. The van der Waals surface area contributed by atoms with Gasteiger partial charge in [0, 0.05) is 49.8 Å². The summed E-state index contributed by atoms with van der Waals surface area (Å²) in [5, 5.41) is 10.4. The van der Waals surface area contributed by atoms with Gasteiger partial charge in [-0.25, -0.2) is 9.97 Å². The molecule has 3 aromatic rings. The molecule has 5 nitrogen and oxygen atoms in total. The molecule has 128 valence electrons. The largest absolute Gasteiger partial charge is 0.361 e. The second-order valence-corrected chi connectivity index (χ2v) is 12.9. The van der Waals surface area contributed by atoms with Crippen molar-refractivity contribution in [2.24, 2.45) is 0 Å². The number of pyridine rings is 2. The molecule has 0 atom stereocenters. The summed E-state index contributed by atoms with van der Waals surface area (Å²) in [5.41, 5.74) is 3.06. The maximum atomic E-state index is 9.35.